The van der Waals surface area contributed by atoms with Gasteiger partial charge in [-0.15, -0.1) is 11.8 Å². The molecule has 0 fully saturated rings. The van der Waals surface area contributed by atoms with Crippen molar-refractivity contribution in [3.63, 3.8) is 0 Å². The highest BCUT2D eigenvalue weighted by atomic mass is 32.2. The van der Waals surface area contributed by atoms with Gasteiger partial charge >= 0.3 is 12.1 Å². The first-order chi connectivity index (χ1) is 9.25. The number of hydrogen-bond donors (Lipinski definition) is 1. The Labute approximate surface area is 119 Å². The number of benzene rings is 1. The Morgan fingerprint density at radius 2 is 2.10 bits per heavy atom. The molecule has 1 aromatic carbocycles. The summed E-state index contributed by atoms with van der Waals surface area (Å²) in [4.78, 5) is 11.8. The zero-order valence-electron chi connectivity index (χ0n) is 10.8. The molecule has 1 rings (SSSR count). The molecule has 110 valence electrons. The van der Waals surface area contributed by atoms with Gasteiger partial charge in [0.2, 0.25) is 0 Å². The lowest BCUT2D eigenvalue weighted by Gasteiger charge is -2.11. The van der Waals surface area contributed by atoms with Gasteiger partial charge in [-0.1, -0.05) is 6.58 Å². The van der Waals surface area contributed by atoms with Crippen LogP contribution >= 0.6 is 11.8 Å². The minimum Gasteiger partial charge on any atom is -0.463 e. The average molecular weight is 305 g/mol. The Hall–Kier alpha value is -1.63. The second-order valence-electron chi connectivity index (χ2n) is 3.86. The SMILES string of the molecule is C=C(CSc1ccc(C(F)(F)F)cc1N)C(=O)OCC. The van der Waals surface area contributed by atoms with Crippen molar-refractivity contribution in [3.8, 4) is 0 Å². The van der Waals surface area contributed by atoms with Crippen molar-refractivity contribution < 1.29 is 22.7 Å². The van der Waals surface area contributed by atoms with E-state index in [1.54, 1.807) is 6.92 Å². The van der Waals surface area contributed by atoms with Crippen LogP contribution in [0.1, 0.15) is 12.5 Å². The zero-order chi connectivity index (χ0) is 15.3. The molecule has 20 heavy (non-hydrogen) atoms. The standard InChI is InChI=1S/C13H14F3NO2S/c1-3-19-12(18)8(2)7-20-11-5-4-9(6-10(11)17)13(14,15)16/h4-6H,2-3,7,17H2,1H3. The molecular formula is C13H14F3NO2S. The van der Waals surface area contributed by atoms with Crippen molar-refractivity contribution in [2.24, 2.45) is 0 Å². The van der Waals surface area contributed by atoms with Gasteiger partial charge in [-0.25, -0.2) is 4.79 Å². The predicted octanol–water partition coefficient (Wildman–Crippen LogP) is 3.50. The Balaban J connectivity index is 2.70. The van der Waals surface area contributed by atoms with Crippen LogP contribution in [-0.4, -0.2) is 18.3 Å². The molecule has 0 aliphatic heterocycles. The molecule has 0 aliphatic rings. The van der Waals surface area contributed by atoms with Gasteiger partial charge in [0.25, 0.3) is 0 Å². The second-order valence-corrected chi connectivity index (χ2v) is 4.88. The fraction of sp³-hybridized carbons (Fsp3) is 0.308. The average Bonchev–Trinajstić information content (AvgIpc) is 2.36. The van der Waals surface area contributed by atoms with Crippen molar-refractivity contribution in [1.82, 2.24) is 0 Å². The summed E-state index contributed by atoms with van der Waals surface area (Å²) in [5.41, 5.74) is 5.02. The molecule has 0 bridgehead atoms. The smallest absolute Gasteiger partial charge is 0.416 e. The van der Waals surface area contributed by atoms with Gasteiger partial charge in [-0.05, 0) is 25.1 Å². The van der Waals surface area contributed by atoms with E-state index in [0.29, 0.717) is 4.90 Å². The number of nitrogen functional groups attached to an aromatic ring is 1. The molecule has 0 unspecified atom stereocenters. The van der Waals surface area contributed by atoms with Crippen LogP contribution in [0.4, 0.5) is 18.9 Å². The number of alkyl halides is 3. The zero-order valence-corrected chi connectivity index (χ0v) is 11.6. The number of esters is 1. The Morgan fingerprint density at radius 3 is 2.60 bits per heavy atom. The number of carbonyl (C=O) groups excluding carboxylic acids is 1. The highest BCUT2D eigenvalue weighted by molar-refractivity contribution is 7.99. The Morgan fingerprint density at radius 1 is 1.45 bits per heavy atom. The van der Waals surface area contributed by atoms with Crippen molar-refractivity contribution in [3.05, 3.63) is 35.9 Å². The summed E-state index contributed by atoms with van der Waals surface area (Å²) >= 11 is 1.14. The van der Waals surface area contributed by atoms with E-state index >= 15 is 0 Å². The Bertz CT molecular complexity index is 515. The maximum Gasteiger partial charge on any atom is 0.416 e. The van der Waals surface area contributed by atoms with Gasteiger partial charge < -0.3 is 10.5 Å². The topological polar surface area (TPSA) is 52.3 Å². The van der Waals surface area contributed by atoms with Crippen molar-refractivity contribution in [2.75, 3.05) is 18.1 Å². The van der Waals surface area contributed by atoms with Gasteiger partial charge in [0.1, 0.15) is 0 Å². The molecule has 0 radical (unpaired) electrons. The number of thioether (sulfide) groups is 1. The van der Waals surface area contributed by atoms with Gasteiger partial charge in [-0.2, -0.15) is 13.2 Å². The summed E-state index contributed by atoms with van der Waals surface area (Å²) in [5.74, 6) is -0.320. The van der Waals surface area contributed by atoms with Gasteiger partial charge in [0.15, 0.2) is 0 Å². The second kappa shape index (κ2) is 6.69. The fourth-order valence-electron chi connectivity index (χ4n) is 1.31. The number of ether oxygens (including phenoxy) is 1. The molecule has 0 spiro atoms. The van der Waals surface area contributed by atoms with Crippen LogP contribution in [0.2, 0.25) is 0 Å². The third-order valence-electron chi connectivity index (χ3n) is 2.30. The number of carbonyl (C=O) groups is 1. The van der Waals surface area contributed by atoms with E-state index in [4.69, 9.17) is 10.5 Å². The molecule has 1 aromatic rings. The number of hydrogen-bond acceptors (Lipinski definition) is 4. The van der Waals surface area contributed by atoms with Crippen LogP contribution < -0.4 is 5.73 Å². The van der Waals surface area contributed by atoms with Crippen molar-refractivity contribution >= 4 is 23.4 Å². The summed E-state index contributed by atoms with van der Waals surface area (Å²) in [5, 5.41) is 0. The fourth-order valence-corrected chi connectivity index (χ4v) is 2.15. The van der Waals surface area contributed by atoms with Crippen LogP contribution in [-0.2, 0) is 15.7 Å². The minimum atomic E-state index is -4.42. The third-order valence-corrected chi connectivity index (χ3v) is 3.48. The van der Waals surface area contributed by atoms with Crippen molar-refractivity contribution in [1.29, 1.82) is 0 Å². The van der Waals surface area contributed by atoms with Crippen LogP contribution in [0.15, 0.2) is 35.2 Å². The molecule has 0 aliphatic carbocycles. The first-order valence-electron chi connectivity index (χ1n) is 5.70. The molecule has 7 heteroatoms. The molecule has 0 saturated heterocycles. The molecule has 0 saturated carbocycles. The first kappa shape index (κ1) is 16.4. The van der Waals surface area contributed by atoms with E-state index in [-0.39, 0.29) is 23.6 Å². The highest BCUT2D eigenvalue weighted by Gasteiger charge is 2.30. The third kappa shape index (κ3) is 4.48. The predicted molar refractivity (Wildman–Crippen MR) is 72.4 cm³/mol. The van der Waals surface area contributed by atoms with Gasteiger partial charge in [0.05, 0.1) is 12.2 Å². The maximum absolute atomic E-state index is 12.5. The Kier molecular flexibility index (Phi) is 5.50. The maximum atomic E-state index is 12.5. The summed E-state index contributed by atoms with van der Waals surface area (Å²) in [6.45, 7) is 5.47. The van der Waals surface area contributed by atoms with E-state index in [9.17, 15) is 18.0 Å². The largest absolute Gasteiger partial charge is 0.463 e. The molecule has 0 atom stereocenters. The first-order valence-corrected chi connectivity index (χ1v) is 6.68. The summed E-state index contributed by atoms with van der Waals surface area (Å²) in [7, 11) is 0. The number of rotatable bonds is 5. The lowest BCUT2D eigenvalue weighted by Crippen LogP contribution is -2.09. The number of anilines is 1. The molecule has 2 N–H and O–H groups in total. The van der Waals surface area contributed by atoms with Crippen LogP contribution in [0.25, 0.3) is 0 Å². The molecule has 0 heterocycles. The van der Waals surface area contributed by atoms with Crippen molar-refractivity contribution in [2.45, 2.75) is 18.0 Å². The van der Waals surface area contributed by atoms with E-state index < -0.39 is 17.7 Å². The van der Waals surface area contributed by atoms with E-state index in [0.717, 1.165) is 23.9 Å². The van der Waals surface area contributed by atoms with E-state index in [1.165, 1.54) is 6.07 Å². The van der Waals surface area contributed by atoms with Crippen LogP contribution in [0, 0.1) is 0 Å². The minimum absolute atomic E-state index is 0.0153. The quantitative estimate of drug-likeness (QED) is 0.391. The molecule has 0 amide bonds. The van der Waals surface area contributed by atoms with E-state index in [1.807, 2.05) is 0 Å². The van der Waals surface area contributed by atoms with Crippen LogP contribution in [0.3, 0.4) is 0 Å². The molecule has 0 aromatic heterocycles. The number of nitrogens with two attached hydrogens (primary N) is 1. The summed E-state index contributed by atoms with van der Waals surface area (Å²) in [6.07, 6.45) is -4.42. The monoisotopic (exact) mass is 305 g/mol. The summed E-state index contributed by atoms with van der Waals surface area (Å²) in [6, 6.07) is 3.10. The highest BCUT2D eigenvalue weighted by Crippen LogP contribution is 2.34. The van der Waals surface area contributed by atoms with Crippen LogP contribution in [0.5, 0.6) is 0 Å². The molecular weight excluding hydrogens is 291 g/mol. The van der Waals surface area contributed by atoms with Gasteiger partial charge in [-0.3, -0.25) is 0 Å². The normalized spacial score (nSPS) is 11.2. The van der Waals surface area contributed by atoms with E-state index in [2.05, 4.69) is 6.58 Å². The lowest BCUT2D eigenvalue weighted by atomic mass is 10.2. The molecule has 3 nitrogen and oxygen atoms in total. The number of halogens is 3. The van der Waals surface area contributed by atoms with Gasteiger partial charge in [0, 0.05) is 21.9 Å². The summed E-state index contributed by atoms with van der Waals surface area (Å²) < 4.78 is 42.2. The lowest BCUT2D eigenvalue weighted by molar-refractivity contribution is -0.138.